The molecule has 0 heterocycles. The standard InChI is InChI=1S/C18H19NO5S/c1-2-13-6-8-16(9-7-13)19-17(20)12-25(23,24)11-14-4-3-5-15(10-14)18(21)22/h3-10H,2,11-12H2,1H3,(H,19,20)(H,21,22)/p-1. The molecule has 6 nitrogen and oxygen atoms in total. The molecule has 0 aliphatic carbocycles. The zero-order chi connectivity index (χ0) is 18.4. The quantitative estimate of drug-likeness (QED) is 0.798. The van der Waals surface area contributed by atoms with E-state index in [1.165, 1.54) is 24.3 Å². The van der Waals surface area contributed by atoms with Gasteiger partial charge in [-0.05, 0) is 41.3 Å². The second-order valence-electron chi connectivity index (χ2n) is 5.62. The summed E-state index contributed by atoms with van der Waals surface area (Å²) in [5, 5.41) is 13.4. The lowest BCUT2D eigenvalue weighted by atomic mass is 10.1. The number of hydrogen-bond acceptors (Lipinski definition) is 5. The molecule has 2 aromatic rings. The van der Waals surface area contributed by atoms with Crippen LogP contribution in [0.2, 0.25) is 0 Å². The molecule has 132 valence electrons. The highest BCUT2D eigenvalue weighted by Gasteiger charge is 2.18. The number of carboxylic acid groups (broad SMARTS) is 1. The first kappa shape index (κ1) is 18.7. The molecule has 1 N–H and O–H groups in total. The third-order valence-corrected chi connectivity index (χ3v) is 5.02. The van der Waals surface area contributed by atoms with Crippen LogP contribution < -0.4 is 10.4 Å². The first-order chi connectivity index (χ1) is 11.8. The molecule has 1 amide bonds. The van der Waals surface area contributed by atoms with E-state index in [1.54, 1.807) is 12.1 Å². The van der Waals surface area contributed by atoms with Crippen molar-refractivity contribution in [2.45, 2.75) is 19.1 Å². The lowest BCUT2D eigenvalue weighted by molar-refractivity contribution is -0.255. The normalized spacial score (nSPS) is 11.1. The fourth-order valence-corrected chi connectivity index (χ4v) is 3.57. The minimum Gasteiger partial charge on any atom is -0.545 e. The maximum absolute atomic E-state index is 12.2. The molecule has 0 saturated carbocycles. The number of aryl methyl sites for hydroxylation is 1. The molecular formula is C18H18NO5S-. The molecule has 0 aliphatic rings. The van der Waals surface area contributed by atoms with E-state index in [1.807, 2.05) is 19.1 Å². The number of benzene rings is 2. The van der Waals surface area contributed by atoms with Gasteiger partial charge in [-0.25, -0.2) is 8.42 Å². The summed E-state index contributed by atoms with van der Waals surface area (Å²) in [6, 6.07) is 12.6. The fraction of sp³-hybridized carbons (Fsp3) is 0.222. The van der Waals surface area contributed by atoms with Gasteiger partial charge in [-0.3, -0.25) is 4.79 Å². The lowest BCUT2D eigenvalue weighted by Crippen LogP contribution is -2.24. The van der Waals surface area contributed by atoms with Crippen molar-refractivity contribution < 1.29 is 23.1 Å². The average Bonchev–Trinajstić information content (AvgIpc) is 2.54. The van der Waals surface area contributed by atoms with Crippen molar-refractivity contribution in [3.8, 4) is 0 Å². The van der Waals surface area contributed by atoms with E-state index in [0.717, 1.165) is 12.0 Å². The van der Waals surface area contributed by atoms with Crippen molar-refractivity contribution >= 4 is 27.4 Å². The van der Waals surface area contributed by atoms with Gasteiger partial charge in [-0.1, -0.05) is 37.3 Å². The summed E-state index contributed by atoms with van der Waals surface area (Å²) in [5.74, 6) is -3.12. The number of amides is 1. The van der Waals surface area contributed by atoms with Gasteiger partial charge in [-0.15, -0.1) is 0 Å². The number of aromatic carboxylic acids is 1. The molecule has 7 heteroatoms. The molecular weight excluding hydrogens is 342 g/mol. The van der Waals surface area contributed by atoms with Crippen LogP contribution in [0.15, 0.2) is 48.5 Å². The van der Waals surface area contributed by atoms with Crippen LogP contribution in [0.5, 0.6) is 0 Å². The molecule has 2 rings (SSSR count). The van der Waals surface area contributed by atoms with Crippen molar-refractivity contribution in [2.24, 2.45) is 0 Å². The maximum Gasteiger partial charge on any atom is 0.239 e. The molecule has 0 atom stereocenters. The lowest BCUT2D eigenvalue weighted by Gasteiger charge is -2.08. The molecule has 25 heavy (non-hydrogen) atoms. The number of carboxylic acids is 1. The third-order valence-electron chi connectivity index (χ3n) is 3.55. The number of anilines is 1. The molecule has 0 saturated heterocycles. The van der Waals surface area contributed by atoms with E-state index in [2.05, 4.69) is 5.32 Å². The Morgan fingerprint density at radius 1 is 1.04 bits per heavy atom. The van der Waals surface area contributed by atoms with Gasteiger partial charge in [-0.2, -0.15) is 0 Å². The monoisotopic (exact) mass is 360 g/mol. The van der Waals surface area contributed by atoms with Crippen molar-refractivity contribution in [3.63, 3.8) is 0 Å². The highest BCUT2D eigenvalue weighted by molar-refractivity contribution is 7.91. The zero-order valence-corrected chi connectivity index (χ0v) is 14.5. The first-order valence-electron chi connectivity index (χ1n) is 7.68. The molecule has 0 spiro atoms. The van der Waals surface area contributed by atoms with E-state index in [0.29, 0.717) is 11.3 Å². The van der Waals surface area contributed by atoms with Gasteiger partial charge in [0.05, 0.1) is 11.7 Å². The minimum atomic E-state index is -3.73. The second kappa shape index (κ2) is 7.94. The van der Waals surface area contributed by atoms with Crippen LogP contribution in [0, 0.1) is 0 Å². The molecule has 0 radical (unpaired) electrons. The van der Waals surface area contributed by atoms with Gasteiger partial charge in [0.25, 0.3) is 0 Å². The van der Waals surface area contributed by atoms with Crippen LogP contribution >= 0.6 is 0 Å². The second-order valence-corrected chi connectivity index (χ2v) is 7.68. The Hall–Kier alpha value is -2.67. The Morgan fingerprint density at radius 3 is 2.32 bits per heavy atom. The summed E-state index contributed by atoms with van der Waals surface area (Å²) in [6.07, 6.45) is 0.869. The smallest absolute Gasteiger partial charge is 0.239 e. The molecule has 0 aromatic heterocycles. The number of carbonyl (C=O) groups excluding carboxylic acids is 2. The van der Waals surface area contributed by atoms with Crippen molar-refractivity contribution in [3.05, 3.63) is 65.2 Å². The largest absolute Gasteiger partial charge is 0.545 e. The summed E-state index contributed by atoms with van der Waals surface area (Å²) in [7, 11) is -3.73. The third kappa shape index (κ3) is 5.72. The van der Waals surface area contributed by atoms with Gasteiger partial charge in [0.1, 0.15) is 5.75 Å². The summed E-state index contributed by atoms with van der Waals surface area (Å²) in [4.78, 5) is 22.8. The van der Waals surface area contributed by atoms with E-state index in [-0.39, 0.29) is 5.56 Å². The highest BCUT2D eigenvalue weighted by atomic mass is 32.2. The van der Waals surface area contributed by atoms with Crippen LogP contribution in [0.4, 0.5) is 5.69 Å². The minimum absolute atomic E-state index is 0.104. The van der Waals surface area contributed by atoms with Gasteiger partial charge in [0.2, 0.25) is 5.91 Å². The highest BCUT2D eigenvalue weighted by Crippen LogP contribution is 2.12. The Morgan fingerprint density at radius 2 is 1.72 bits per heavy atom. The predicted molar refractivity (Wildman–Crippen MR) is 92.7 cm³/mol. The van der Waals surface area contributed by atoms with Crippen molar-refractivity contribution in [2.75, 3.05) is 11.1 Å². The summed E-state index contributed by atoms with van der Waals surface area (Å²) in [5.41, 5.74) is 1.82. The maximum atomic E-state index is 12.2. The Labute approximate surface area is 146 Å². The SMILES string of the molecule is CCc1ccc(NC(=O)CS(=O)(=O)Cc2cccc(C(=O)[O-])c2)cc1. The van der Waals surface area contributed by atoms with Crippen LogP contribution in [-0.4, -0.2) is 26.0 Å². The van der Waals surface area contributed by atoms with Crippen molar-refractivity contribution in [1.29, 1.82) is 0 Å². The van der Waals surface area contributed by atoms with Crippen molar-refractivity contribution in [1.82, 2.24) is 0 Å². The van der Waals surface area contributed by atoms with E-state index in [4.69, 9.17) is 0 Å². The molecule has 0 aliphatic heterocycles. The topological polar surface area (TPSA) is 103 Å². The molecule has 2 aromatic carbocycles. The Kier molecular flexibility index (Phi) is 5.93. The molecule has 0 bridgehead atoms. The molecule has 0 unspecified atom stereocenters. The van der Waals surface area contributed by atoms with E-state index < -0.39 is 33.2 Å². The fourth-order valence-electron chi connectivity index (χ4n) is 2.31. The summed E-state index contributed by atoms with van der Waals surface area (Å²) >= 11 is 0. The first-order valence-corrected chi connectivity index (χ1v) is 9.50. The predicted octanol–water partition coefficient (Wildman–Crippen LogP) is 1.17. The van der Waals surface area contributed by atoms with Crippen LogP contribution in [0.3, 0.4) is 0 Å². The number of rotatable bonds is 7. The van der Waals surface area contributed by atoms with Crippen LogP contribution in [-0.2, 0) is 26.8 Å². The number of carbonyl (C=O) groups is 2. The molecule has 0 fully saturated rings. The number of nitrogens with one attached hydrogen (secondary N) is 1. The number of sulfone groups is 1. The van der Waals surface area contributed by atoms with Gasteiger partial charge in [0, 0.05) is 5.69 Å². The van der Waals surface area contributed by atoms with Gasteiger partial charge < -0.3 is 15.2 Å². The average molecular weight is 360 g/mol. The number of hydrogen-bond donors (Lipinski definition) is 1. The van der Waals surface area contributed by atoms with Crippen LogP contribution in [0.1, 0.15) is 28.4 Å². The Bertz CT molecular complexity index is 873. The Balaban J connectivity index is 2.01. The van der Waals surface area contributed by atoms with E-state index in [9.17, 15) is 23.1 Å². The van der Waals surface area contributed by atoms with Crippen LogP contribution in [0.25, 0.3) is 0 Å². The zero-order valence-electron chi connectivity index (χ0n) is 13.7. The summed E-state index contributed by atoms with van der Waals surface area (Å²) < 4.78 is 24.3. The van der Waals surface area contributed by atoms with E-state index >= 15 is 0 Å². The van der Waals surface area contributed by atoms with Gasteiger partial charge in [0.15, 0.2) is 9.84 Å². The van der Waals surface area contributed by atoms with Gasteiger partial charge >= 0.3 is 0 Å². The summed E-state index contributed by atoms with van der Waals surface area (Å²) in [6.45, 7) is 2.01.